The fourth-order valence-corrected chi connectivity index (χ4v) is 6.16. The van der Waals surface area contributed by atoms with E-state index in [0.717, 1.165) is 6.42 Å². The summed E-state index contributed by atoms with van der Waals surface area (Å²) in [5.41, 5.74) is -0.898. The van der Waals surface area contributed by atoms with Gasteiger partial charge in [-0.25, -0.2) is 4.68 Å². The molecule has 12 heteroatoms. The molecule has 2 aromatic carbocycles. The number of halogens is 5. The largest absolute Gasteiger partial charge is 0.586 e. The minimum Gasteiger partial charge on any atom is -0.395 e. The van der Waals surface area contributed by atoms with Crippen LogP contribution in [0.5, 0.6) is 11.5 Å². The normalized spacial score (nSPS) is 22.8. The summed E-state index contributed by atoms with van der Waals surface area (Å²) < 4.78 is 80.3. The molecule has 3 aromatic rings. The number of hydrogen-bond acceptors (Lipinski definition) is 5. The minimum absolute atomic E-state index is 0.0117. The Kier molecular flexibility index (Phi) is 5.59. The average molecular weight is 563 g/mol. The van der Waals surface area contributed by atoms with Gasteiger partial charge in [-0.15, -0.1) is 8.78 Å². The number of hydrogen-bond donors (Lipinski definition) is 1. The summed E-state index contributed by atoms with van der Waals surface area (Å²) in [6.45, 7) is 5.80. The SMILES string of the molecule is CN(C(=O)c1cccc(-n2nc(C(F)(F)F)c3c2CC2CCC3(C(C)(C)C)N2)c1)c1ccc2c(c1)OC(F)(F)O2. The van der Waals surface area contributed by atoms with Gasteiger partial charge in [0.25, 0.3) is 5.91 Å². The van der Waals surface area contributed by atoms with E-state index in [-0.39, 0.29) is 34.4 Å². The zero-order valence-corrected chi connectivity index (χ0v) is 22.2. The molecule has 1 N–H and O–H groups in total. The van der Waals surface area contributed by atoms with Crippen LogP contribution < -0.4 is 19.7 Å². The zero-order chi connectivity index (χ0) is 28.8. The van der Waals surface area contributed by atoms with Gasteiger partial charge in [0.1, 0.15) is 0 Å². The van der Waals surface area contributed by atoms with E-state index in [4.69, 9.17) is 0 Å². The number of fused-ring (bicyclic) bond motifs is 5. The van der Waals surface area contributed by atoms with Crippen LogP contribution in [0, 0.1) is 5.41 Å². The van der Waals surface area contributed by atoms with Gasteiger partial charge in [0.15, 0.2) is 17.2 Å². The summed E-state index contributed by atoms with van der Waals surface area (Å²) in [6.07, 6.45) is -6.79. The fourth-order valence-electron chi connectivity index (χ4n) is 6.16. The molecule has 6 rings (SSSR count). The van der Waals surface area contributed by atoms with Crippen LogP contribution in [-0.4, -0.2) is 35.1 Å². The van der Waals surface area contributed by atoms with E-state index in [2.05, 4.69) is 19.9 Å². The Balaban J connectivity index is 1.39. The van der Waals surface area contributed by atoms with Crippen LogP contribution in [0.25, 0.3) is 5.69 Å². The van der Waals surface area contributed by atoms with Gasteiger partial charge in [-0.1, -0.05) is 26.8 Å². The number of aromatic nitrogens is 2. The Morgan fingerprint density at radius 1 is 1.10 bits per heavy atom. The number of rotatable bonds is 3. The standard InChI is InChI=1S/C28H27F5N4O3/c1-25(2,3)26-11-10-16(34-26)13-19-22(26)23(27(29,30)31)35-37(19)18-7-5-6-15(12-18)24(38)36(4)17-8-9-20-21(14-17)40-28(32,33)39-20/h5-9,12,14,16,34H,10-11,13H2,1-4H3. The van der Waals surface area contributed by atoms with E-state index < -0.39 is 35.0 Å². The van der Waals surface area contributed by atoms with Crippen molar-refractivity contribution in [2.45, 2.75) is 64.1 Å². The average Bonchev–Trinajstić information content (AvgIpc) is 3.53. The summed E-state index contributed by atoms with van der Waals surface area (Å²) in [7, 11) is 1.46. The van der Waals surface area contributed by atoms with Crippen LogP contribution >= 0.6 is 0 Å². The van der Waals surface area contributed by atoms with Crippen molar-refractivity contribution < 1.29 is 36.2 Å². The minimum atomic E-state index is -4.67. The molecule has 1 aromatic heterocycles. The van der Waals surface area contributed by atoms with Crippen molar-refractivity contribution in [1.29, 1.82) is 0 Å². The summed E-state index contributed by atoms with van der Waals surface area (Å²) >= 11 is 0. The quantitative estimate of drug-likeness (QED) is 0.395. The number of benzene rings is 2. The lowest BCUT2D eigenvalue weighted by Crippen LogP contribution is -2.54. The predicted molar refractivity (Wildman–Crippen MR) is 135 cm³/mol. The second-order valence-corrected chi connectivity index (χ2v) is 11.5. The van der Waals surface area contributed by atoms with Crippen LogP contribution in [-0.2, 0) is 18.1 Å². The second-order valence-electron chi connectivity index (χ2n) is 11.5. The van der Waals surface area contributed by atoms with Crippen molar-refractivity contribution in [3.63, 3.8) is 0 Å². The van der Waals surface area contributed by atoms with Gasteiger partial charge in [-0.3, -0.25) is 4.79 Å². The van der Waals surface area contributed by atoms with Crippen molar-refractivity contribution in [1.82, 2.24) is 15.1 Å². The maximum absolute atomic E-state index is 14.4. The number of ether oxygens (including phenoxy) is 2. The second kappa shape index (κ2) is 8.42. The van der Waals surface area contributed by atoms with E-state index in [1.54, 1.807) is 12.1 Å². The highest BCUT2D eigenvalue weighted by Gasteiger charge is 2.58. The molecule has 2 unspecified atom stereocenters. The van der Waals surface area contributed by atoms with Gasteiger partial charge in [-0.05, 0) is 48.6 Å². The Morgan fingerprint density at radius 3 is 2.52 bits per heavy atom. The maximum Gasteiger partial charge on any atom is 0.586 e. The summed E-state index contributed by atoms with van der Waals surface area (Å²) in [5.74, 6) is -0.871. The molecule has 2 atom stereocenters. The molecule has 0 saturated carbocycles. The molecule has 4 heterocycles. The third kappa shape index (κ3) is 4.03. The van der Waals surface area contributed by atoms with Crippen LogP contribution in [0.15, 0.2) is 42.5 Å². The van der Waals surface area contributed by atoms with Crippen molar-refractivity contribution in [3.8, 4) is 17.2 Å². The first-order valence-corrected chi connectivity index (χ1v) is 12.9. The Labute approximate surface area is 226 Å². The molecule has 0 radical (unpaired) electrons. The van der Waals surface area contributed by atoms with Crippen molar-refractivity contribution in [3.05, 3.63) is 65.0 Å². The first kappa shape index (κ1) is 26.5. The first-order chi connectivity index (χ1) is 18.6. The number of nitrogens with one attached hydrogen (secondary N) is 1. The molecule has 1 fully saturated rings. The molecule has 1 amide bonds. The maximum atomic E-state index is 14.4. The van der Waals surface area contributed by atoms with Gasteiger partial charge < -0.3 is 19.7 Å². The van der Waals surface area contributed by atoms with Gasteiger partial charge in [0, 0.05) is 42.4 Å². The highest BCUT2D eigenvalue weighted by atomic mass is 19.4. The Bertz CT molecular complexity index is 1530. The molecular formula is C28H27F5N4O3. The molecule has 1 saturated heterocycles. The monoisotopic (exact) mass is 562 g/mol. The number of nitrogens with zero attached hydrogens (tertiary/aromatic N) is 3. The summed E-state index contributed by atoms with van der Waals surface area (Å²) in [6, 6.07) is 10.2. The molecule has 40 heavy (non-hydrogen) atoms. The molecular weight excluding hydrogens is 535 g/mol. The van der Waals surface area contributed by atoms with Gasteiger partial charge in [0.05, 0.1) is 16.9 Å². The summed E-state index contributed by atoms with van der Waals surface area (Å²) in [4.78, 5) is 14.6. The van der Waals surface area contributed by atoms with Crippen molar-refractivity contribution >= 4 is 11.6 Å². The Morgan fingerprint density at radius 2 is 1.82 bits per heavy atom. The van der Waals surface area contributed by atoms with Gasteiger partial charge in [-0.2, -0.15) is 18.3 Å². The Hall–Kier alpha value is -3.67. The van der Waals surface area contributed by atoms with E-state index >= 15 is 0 Å². The molecule has 3 aliphatic heterocycles. The van der Waals surface area contributed by atoms with E-state index in [0.29, 0.717) is 24.2 Å². The molecule has 212 valence electrons. The third-order valence-electron chi connectivity index (χ3n) is 8.13. The highest BCUT2D eigenvalue weighted by Crippen LogP contribution is 2.54. The lowest BCUT2D eigenvalue weighted by molar-refractivity contribution is -0.286. The molecule has 2 bridgehead atoms. The zero-order valence-electron chi connectivity index (χ0n) is 22.2. The smallest absolute Gasteiger partial charge is 0.395 e. The van der Waals surface area contributed by atoms with Crippen molar-refractivity contribution in [2.75, 3.05) is 11.9 Å². The van der Waals surface area contributed by atoms with E-state index in [1.165, 1.54) is 47.0 Å². The third-order valence-corrected chi connectivity index (χ3v) is 8.13. The predicted octanol–water partition coefficient (Wildman–Crippen LogP) is 6.04. The summed E-state index contributed by atoms with van der Waals surface area (Å²) in [5, 5.41) is 7.57. The number of carbonyl (C=O) groups is 1. The van der Waals surface area contributed by atoms with E-state index in [9.17, 15) is 26.7 Å². The lowest BCUT2D eigenvalue weighted by Gasteiger charge is -2.46. The number of alkyl halides is 5. The molecule has 3 aliphatic rings. The first-order valence-electron chi connectivity index (χ1n) is 12.9. The van der Waals surface area contributed by atoms with Crippen LogP contribution in [0.3, 0.4) is 0 Å². The fraction of sp³-hybridized carbons (Fsp3) is 0.429. The van der Waals surface area contributed by atoms with Crippen LogP contribution in [0.1, 0.15) is 60.9 Å². The van der Waals surface area contributed by atoms with Crippen LogP contribution in [0.4, 0.5) is 27.6 Å². The van der Waals surface area contributed by atoms with Gasteiger partial charge in [0.2, 0.25) is 0 Å². The number of amides is 1. The van der Waals surface area contributed by atoms with E-state index in [1.807, 2.05) is 20.8 Å². The molecule has 7 nitrogen and oxygen atoms in total. The van der Waals surface area contributed by atoms with Gasteiger partial charge >= 0.3 is 12.5 Å². The highest BCUT2D eigenvalue weighted by molar-refractivity contribution is 6.06. The number of anilines is 1. The molecule has 0 aliphatic carbocycles. The lowest BCUT2D eigenvalue weighted by atomic mass is 9.67. The van der Waals surface area contributed by atoms with Crippen molar-refractivity contribution in [2.24, 2.45) is 5.41 Å². The van der Waals surface area contributed by atoms with Crippen LogP contribution in [0.2, 0.25) is 0 Å². The topological polar surface area (TPSA) is 68.6 Å². The number of carbonyl (C=O) groups excluding carboxylic acids is 1. The molecule has 0 spiro atoms.